The fourth-order valence-electron chi connectivity index (χ4n) is 1.35. The van der Waals surface area contributed by atoms with Gasteiger partial charge in [-0.25, -0.2) is 0 Å². The molecular weight excluding hydrogens is 130 g/mol. The molecule has 60 valence electrons. The minimum absolute atomic E-state index is 0.168. The van der Waals surface area contributed by atoms with Gasteiger partial charge in [-0.1, -0.05) is 0 Å². The van der Waals surface area contributed by atoms with E-state index in [0.29, 0.717) is 6.54 Å². The Morgan fingerprint density at radius 1 is 1.70 bits per heavy atom. The summed E-state index contributed by atoms with van der Waals surface area (Å²) in [5.41, 5.74) is 0. The standard InChI is InChI=1S/C7H15NO2/c1-6(9)4-8-3-2-7(10)5-8/h6-7,9-10H,2-5H2,1H3/t6-,7?/m1/s1. The summed E-state index contributed by atoms with van der Waals surface area (Å²) < 4.78 is 0. The molecule has 3 heteroatoms. The van der Waals surface area contributed by atoms with E-state index in [1.54, 1.807) is 6.92 Å². The number of rotatable bonds is 2. The van der Waals surface area contributed by atoms with Gasteiger partial charge in [0.2, 0.25) is 0 Å². The summed E-state index contributed by atoms with van der Waals surface area (Å²) in [4.78, 5) is 2.08. The van der Waals surface area contributed by atoms with E-state index in [0.717, 1.165) is 19.5 Å². The van der Waals surface area contributed by atoms with Crippen LogP contribution in [0.2, 0.25) is 0 Å². The Hall–Kier alpha value is -0.120. The maximum absolute atomic E-state index is 9.09. The SMILES string of the molecule is C[C@@H](O)CN1CCC(O)C1. The molecule has 1 heterocycles. The van der Waals surface area contributed by atoms with E-state index in [1.807, 2.05) is 0 Å². The smallest absolute Gasteiger partial charge is 0.0679 e. The monoisotopic (exact) mass is 145 g/mol. The molecule has 2 atom stereocenters. The third-order valence-corrected chi connectivity index (χ3v) is 1.77. The van der Waals surface area contributed by atoms with E-state index in [4.69, 9.17) is 10.2 Å². The van der Waals surface area contributed by atoms with Crippen LogP contribution in [0.5, 0.6) is 0 Å². The lowest BCUT2D eigenvalue weighted by atomic mass is 10.3. The summed E-state index contributed by atoms with van der Waals surface area (Å²) in [5.74, 6) is 0. The molecule has 3 nitrogen and oxygen atoms in total. The maximum atomic E-state index is 9.09. The zero-order valence-corrected chi connectivity index (χ0v) is 6.32. The van der Waals surface area contributed by atoms with E-state index < -0.39 is 0 Å². The highest BCUT2D eigenvalue weighted by Gasteiger charge is 2.20. The van der Waals surface area contributed by atoms with Crippen molar-refractivity contribution >= 4 is 0 Å². The fourth-order valence-corrected chi connectivity index (χ4v) is 1.35. The van der Waals surface area contributed by atoms with Crippen LogP contribution in [0.4, 0.5) is 0 Å². The van der Waals surface area contributed by atoms with Gasteiger partial charge in [-0.05, 0) is 13.3 Å². The van der Waals surface area contributed by atoms with Crippen LogP contribution in [0.1, 0.15) is 13.3 Å². The third kappa shape index (κ3) is 2.25. The molecule has 1 fully saturated rings. The number of nitrogens with zero attached hydrogens (tertiary/aromatic N) is 1. The van der Waals surface area contributed by atoms with E-state index >= 15 is 0 Å². The van der Waals surface area contributed by atoms with Crippen molar-refractivity contribution in [3.63, 3.8) is 0 Å². The fraction of sp³-hybridized carbons (Fsp3) is 1.00. The summed E-state index contributed by atoms with van der Waals surface area (Å²) in [5, 5.41) is 18.1. The van der Waals surface area contributed by atoms with Crippen molar-refractivity contribution in [1.29, 1.82) is 0 Å². The molecule has 0 bridgehead atoms. The quantitative estimate of drug-likeness (QED) is 0.547. The van der Waals surface area contributed by atoms with Gasteiger partial charge >= 0.3 is 0 Å². The molecule has 0 radical (unpaired) electrons. The molecule has 0 aromatic rings. The van der Waals surface area contributed by atoms with Crippen LogP contribution in [-0.4, -0.2) is 47.0 Å². The average Bonchev–Trinajstić information content (AvgIpc) is 2.13. The Labute approximate surface area is 61.3 Å². The molecule has 0 saturated carbocycles. The first-order chi connectivity index (χ1) is 4.68. The van der Waals surface area contributed by atoms with Gasteiger partial charge in [-0.3, -0.25) is 4.90 Å². The summed E-state index contributed by atoms with van der Waals surface area (Å²) in [6.07, 6.45) is 0.413. The number of likely N-dealkylation sites (tertiary alicyclic amines) is 1. The van der Waals surface area contributed by atoms with E-state index in [9.17, 15) is 0 Å². The van der Waals surface area contributed by atoms with Crippen molar-refractivity contribution in [1.82, 2.24) is 4.90 Å². The normalized spacial score (nSPS) is 30.9. The molecule has 0 spiro atoms. The zero-order valence-electron chi connectivity index (χ0n) is 6.32. The molecule has 1 unspecified atom stereocenters. The number of aliphatic hydroxyl groups is 2. The van der Waals surface area contributed by atoms with Gasteiger partial charge in [0.1, 0.15) is 0 Å². The van der Waals surface area contributed by atoms with Crippen LogP contribution >= 0.6 is 0 Å². The molecule has 1 rings (SSSR count). The maximum Gasteiger partial charge on any atom is 0.0679 e. The van der Waals surface area contributed by atoms with Crippen molar-refractivity contribution in [3.8, 4) is 0 Å². The Balaban J connectivity index is 2.18. The second-order valence-electron chi connectivity index (χ2n) is 3.05. The van der Waals surface area contributed by atoms with E-state index in [-0.39, 0.29) is 12.2 Å². The first-order valence-electron chi connectivity index (χ1n) is 3.77. The number of hydrogen-bond donors (Lipinski definition) is 2. The predicted octanol–water partition coefficient (Wildman–Crippen LogP) is -0.566. The molecular formula is C7H15NO2. The molecule has 1 saturated heterocycles. The second kappa shape index (κ2) is 3.32. The highest BCUT2D eigenvalue weighted by atomic mass is 16.3. The second-order valence-corrected chi connectivity index (χ2v) is 3.05. The number of hydrogen-bond acceptors (Lipinski definition) is 3. The van der Waals surface area contributed by atoms with E-state index in [1.165, 1.54) is 0 Å². The Morgan fingerprint density at radius 2 is 2.40 bits per heavy atom. The van der Waals surface area contributed by atoms with Crippen molar-refractivity contribution in [2.24, 2.45) is 0 Å². The van der Waals surface area contributed by atoms with Crippen LogP contribution in [0.25, 0.3) is 0 Å². The largest absolute Gasteiger partial charge is 0.392 e. The Morgan fingerprint density at radius 3 is 2.80 bits per heavy atom. The summed E-state index contributed by atoms with van der Waals surface area (Å²) in [7, 11) is 0. The van der Waals surface area contributed by atoms with Gasteiger partial charge in [0.25, 0.3) is 0 Å². The topological polar surface area (TPSA) is 43.7 Å². The minimum Gasteiger partial charge on any atom is -0.392 e. The van der Waals surface area contributed by atoms with Gasteiger partial charge in [0.05, 0.1) is 12.2 Å². The lowest BCUT2D eigenvalue weighted by Gasteiger charge is -2.15. The average molecular weight is 145 g/mol. The van der Waals surface area contributed by atoms with E-state index in [2.05, 4.69) is 4.90 Å². The molecule has 0 aromatic heterocycles. The van der Waals surface area contributed by atoms with Crippen LogP contribution in [0.15, 0.2) is 0 Å². The summed E-state index contributed by atoms with van der Waals surface area (Å²) >= 11 is 0. The third-order valence-electron chi connectivity index (χ3n) is 1.77. The van der Waals surface area contributed by atoms with Crippen LogP contribution in [-0.2, 0) is 0 Å². The van der Waals surface area contributed by atoms with Gasteiger partial charge in [-0.2, -0.15) is 0 Å². The van der Waals surface area contributed by atoms with Crippen molar-refractivity contribution in [2.75, 3.05) is 19.6 Å². The molecule has 10 heavy (non-hydrogen) atoms. The summed E-state index contributed by atoms with van der Waals surface area (Å²) in [6, 6.07) is 0. The van der Waals surface area contributed by atoms with Crippen LogP contribution in [0, 0.1) is 0 Å². The molecule has 0 amide bonds. The van der Waals surface area contributed by atoms with Crippen molar-refractivity contribution < 1.29 is 10.2 Å². The van der Waals surface area contributed by atoms with Gasteiger partial charge < -0.3 is 10.2 Å². The van der Waals surface area contributed by atoms with Crippen molar-refractivity contribution in [3.05, 3.63) is 0 Å². The Bertz CT molecular complexity index is 106. The lowest BCUT2D eigenvalue weighted by Crippen LogP contribution is -2.29. The predicted molar refractivity (Wildman–Crippen MR) is 38.7 cm³/mol. The first kappa shape index (κ1) is 7.98. The van der Waals surface area contributed by atoms with Crippen molar-refractivity contribution in [2.45, 2.75) is 25.6 Å². The summed E-state index contributed by atoms with van der Waals surface area (Å²) in [6.45, 7) is 4.11. The molecule has 2 N–H and O–H groups in total. The lowest BCUT2D eigenvalue weighted by molar-refractivity contribution is 0.125. The molecule has 1 aliphatic heterocycles. The van der Waals surface area contributed by atoms with Crippen LogP contribution < -0.4 is 0 Å². The molecule has 1 aliphatic rings. The number of aliphatic hydroxyl groups excluding tert-OH is 2. The highest BCUT2D eigenvalue weighted by Crippen LogP contribution is 2.08. The van der Waals surface area contributed by atoms with Gasteiger partial charge in [0.15, 0.2) is 0 Å². The zero-order chi connectivity index (χ0) is 7.56. The highest BCUT2D eigenvalue weighted by molar-refractivity contribution is 4.75. The number of β-amino-alcohol motifs (C(OH)–C–C–N with tert-alkyl or cyclic N) is 2. The van der Waals surface area contributed by atoms with Gasteiger partial charge in [0, 0.05) is 19.6 Å². The van der Waals surface area contributed by atoms with Crippen LogP contribution in [0.3, 0.4) is 0 Å². The molecule has 0 aliphatic carbocycles. The minimum atomic E-state index is -0.273. The molecule has 0 aromatic carbocycles. The van der Waals surface area contributed by atoms with Gasteiger partial charge in [-0.15, -0.1) is 0 Å². The first-order valence-corrected chi connectivity index (χ1v) is 3.77. The Kier molecular flexibility index (Phi) is 2.65.